The topological polar surface area (TPSA) is 106 Å². The van der Waals surface area contributed by atoms with Gasteiger partial charge in [0.25, 0.3) is 0 Å². The number of benzene rings is 4. The minimum Gasteiger partial charge on any atom is -0.507 e. The summed E-state index contributed by atoms with van der Waals surface area (Å²) in [5.41, 5.74) is 3.54. The largest absolute Gasteiger partial charge is 0.507 e. The molecule has 0 saturated heterocycles. The van der Waals surface area contributed by atoms with Crippen molar-refractivity contribution in [3.8, 4) is 23.0 Å². The molecule has 0 spiro atoms. The van der Waals surface area contributed by atoms with Gasteiger partial charge in [-0.15, -0.1) is 0 Å². The minimum atomic E-state index is 0.0179. The molecule has 0 aliphatic rings. The highest BCUT2D eigenvalue weighted by Crippen LogP contribution is 2.32. The van der Waals surface area contributed by atoms with Gasteiger partial charge in [-0.1, -0.05) is 44.0 Å². The molecule has 0 bridgehead atoms. The van der Waals surface area contributed by atoms with E-state index in [1.165, 1.54) is 12.4 Å². The maximum absolute atomic E-state index is 10.2. The van der Waals surface area contributed by atoms with Crippen molar-refractivity contribution in [2.75, 3.05) is 0 Å². The van der Waals surface area contributed by atoms with Gasteiger partial charge in [-0.05, 0) is 78.2 Å². The molecular weight excluding hydrogens is 576 g/mol. The van der Waals surface area contributed by atoms with E-state index in [2.05, 4.69) is 41.8 Å². The molecule has 6 nitrogen and oxygen atoms in total. The van der Waals surface area contributed by atoms with Crippen molar-refractivity contribution in [3.05, 3.63) is 104 Å². The average molecular weight is 596 g/mol. The predicted octanol–water partition coefficient (Wildman–Crippen LogP) is 7.13. The van der Waals surface area contributed by atoms with E-state index in [4.69, 9.17) is 0 Å². The first kappa shape index (κ1) is 24.5. The Morgan fingerprint density at radius 1 is 0.543 bits per heavy atom. The van der Waals surface area contributed by atoms with E-state index >= 15 is 0 Å². The first-order valence-corrected chi connectivity index (χ1v) is 12.1. The van der Waals surface area contributed by atoms with Gasteiger partial charge in [-0.3, -0.25) is 9.98 Å². The Labute approximate surface area is 218 Å². The summed E-state index contributed by atoms with van der Waals surface area (Å²) in [4.78, 5) is 8.69. The molecule has 4 rings (SSSR count). The first-order chi connectivity index (χ1) is 16.8. The number of halogens is 2. The second-order valence-electron chi connectivity index (χ2n) is 7.75. The van der Waals surface area contributed by atoms with Crippen molar-refractivity contribution >= 4 is 55.7 Å². The van der Waals surface area contributed by atoms with Crippen LogP contribution in [0.25, 0.3) is 0 Å². The third kappa shape index (κ3) is 6.29. The number of phenols is 4. The second-order valence-corrected chi connectivity index (χ2v) is 9.58. The van der Waals surface area contributed by atoms with Crippen molar-refractivity contribution < 1.29 is 20.4 Å². The molecule has 4 aromatic rings. The number of hydrogen-bond donors (Lipinski definition) is 4. The Kier molecular flexibility index (Phi) is 7.53. The van der Waals surface area contributed by atoms with Crippen LogP contribution < -0.4 is 0 Å². The standard InChI is InChI=1S/C27H20Br2N2O4/c28-20-3-7-24(32)18(12-20)14-30-22-10-16(1-5-26(22)34)9-17-2-6-27(35)23(11-17)31-15-19-13-21(29)4-8-25(19)33/h1-8,10-15,32-35H,9H2. The molecule has 0 saturated carbocycles. The Morgan fingerprint density at radius 2 is 0.943 bits per heavy atom. The molecule has 4 aromatic carbocycles. The maximum atomic E-state index is 10.2. The molecule has 35 heavy (non-hydrogen) atoms. The van der Waals surface area contributed by atoms with Crippen LogP contribution in [0, 0.1) is 0 Å². The SMILES string of the molecule is Oc1ccc(Br)cc1C=Nc1cc(Cc2ccc(O)c(N=Cc3cc(Br)ccc3O)c2)ccc1O. The van der Waals surface area contributed by atoms with Crippen molar-refractivity contribution in [3.63, 3.8) is 0 Å². The lowest BCUT2D eigenvalue weighted by Crippen LogP contribution is -1.89. The molecule has 0 heterocycles. The monoisotopic (exact) mass is 594 g/mol. The molecule has 0 amide bonds. The normalized spacial score (nSPS) is 11.5. The van der Waals surface area contributed by atoms with Crippen LogP contribution in [0.4, 0.5) is 11.4 Å². The van der Waals surface area contributed by atoms with Crippen LogP contribution in [0.2, 0.25) is 0 Å². The summed E-state index contributed by atoms with van der Waals surface area (Å²) in [6, 6.07) is 20.3. The molecule has 176 valence electrons. The van der Waals surface area contributed by atoms with E-state index in [1.807, 2.05) is 0 Å². The highest BCUT2D eigenvalue weighted by atomic mass is 79.9. The molecular formula is C27H20Br2N2O4. The van der Waals surface area contributed by atoms with Gasteiger partial charge in [0.2, 0.25) is 0 Å². The molecule has 0 aromatic heterocycles. The van der Waals surface area contributed by atoms with Gasteiger partial charge in [0.1, 0.15) is 34.4 Å². The Bertz CT molecular complexity index is 1340. The fraction of sp³-hybridized carbons (Fsp3) is 0.0370. The van der Waals surface area contributed by atoms with Gasteiger partial charge in [0, 0.05) is 32.5 Å². The van der Waals surface area contributed by atoms with Crippen LogP contribution in [0.15, 0.2) is 91.7 Å². The van der Waals surface area contributed by atoms with Crippen LogP contribution in [0.3, 0.4) is 0 Å². The summed E-state index contributed by atoms with van der Waals surface area (Å²) < 4.78 is 1.60. The van der Waals surface area contributed by atoms with Gasteiger partial charge < -0.3 is 20.4 Å². The average Bonchev–Trinajstić information content (AvgIpc) is 2.83. The molecule has 0 radical (unpaired) electrons. The maximum Gasteiger partial charge on any atom is 0.141 e. The number of aromatic hydroxyl groups is 4. The van der Waals surface area contributed by atoms with Gasteiger partial charge in [0.05, 0.1) is 0 Å². The molecule has 0 atom stereocenters. The van der Waals surface area contributed by atoms with E-state index < -0.39 is 0 Å². The summed E-state index contributed by atoms with van der Waals surface area (Å²) in [5.74, 6) is 0.204. The Hall–Kier alpha value is -3.62. The summed E-state index contributed by atoms with van der Waals surface area (Å²) in [5, 5.41) is 40.5. The van der Waals surface area contributed by atoms with Crippen molar-refractivity contribution in [1.29, 1.82) is 0 Å². The van der Waals surface area contributed by atoms with Crippen molar-refractivity contribution in [2.24, 2.45) is 9.98 Å². The molecule has 0 aliphatic heterocycles. The lowest BCUT2D eigenvalue weighted by atomic mass is 10.0. The van der Waals surface area contributed by atoms with Crippen LogP contribution in [0.1, 0.15) is 22.3 Å². The third-order valence-electron chi connectivity index (χ3n) is 5.15. The summed E-state index contributed by atoms with van der Waals surface area (Å²) in [7, 11) is 0. The van der Waals surface area contributed by atoms with Gasteiger partial charge in [-0.2, -0.15) is 0 Å². The minimum absolute atomic E-state index is 0.0179. The van der Waals surface area contributed by atoms with E-state index in [-0.39, 0.29) is 23.0 Å². The molecule has 0 unspecified atom stereocenters. The van der Waals surface area contributed by atoms with Crippen LogP contribution in [0.5, 0.6) is 23.0 Å². The van der Waals surface area contributed by atoms with Gasteiger partial charge in [-0.25, -0.2) is 0 Å². The quantitative estimate of drug-likeness (QED) is 0.178. The van der Waals surface area contributed by atoms with Gasteiger partial charge >= 0.3 is 0 Å². The molecule has 0 fully saturated rings. The van der Waals surface area contributed by atoms with Crippen LogP contribution >= 0.6 is 31.9 Å². The van der Waals surface area contributed by atoms with Crippen molar-refractivity contribution in [2.45, 2.75) is 6.42 Å². The van der Waals surface area contributed by atoms with E-state index in [0.29, 0.717) is 28.9 Å². The number of phenolic OH excluding ortho intramolecular Hbond substituents is 4. The van der Waals surface area contributed by atoms with Crippen LogP contribution in [-0.2, 0) is 6.42 Å². The fourth-order valence-corrected chi connectivity index (χ4v) is 4.09. The lowest BCUT2D eigenvalue weighted by molar-refractivity contribution is 0.473. The number of hydrogen-bond acceptors (Lipinski definition) is 6. The first-order valence-electron chi connectivity index (χ1n) is 10.5. The summed E-state index contributed by atoms with van der Waals surface area (Å²) in [6.45, 7) is 0. The molecule has 0 aliphatic carbocycles. The van der Waals surface area contributed by atoms with E-state index in [1.54, 1.807) is 72.8 Å². The smallest absolute Gasteiger partial charge is 0.141 e. The third-order valence-corrected chi connectivity index (χ3v) is 6.14. The summed E-state index contributed by atoms with van der Waals surface area (Å²) >= 11 is 6.73. The van der Waals surface area contributed by atoms with E-state index in [9.17, 15) is 20.4 Å². The zero-order valence-electron chi connectivity index (χ0n) is 18.2. The molecule has 4 N–H and O–H groups in total. The predicted molar refractivity (Wildman–Crippen MR) is 145 cm³/mol. The zero-order chi connectivity index (χ0) is 24.9. The van der Waals surface area contributed by atoms with Crippen molar-refractivity contribution in [1.82, 2.24) is 0 Å². The summed E-state index contributed by atoms with van der Waals surface area (Å²) in [6.07, 6.45) is 3.49. The highest BCUT2D eigenvalue weighted by molar-refractivity contribution is 9.10. The molecule has 8 heteroatoms. The number of rotatable bonds is 6. The number of aliphatic imine (C=N–C) groups is 2. The lowest BCUT2D eigenvalue weighted by Gasteiger charge is -2.07. The van der Waals surface area contributed by atoms with Gasteiger partial charge in [0.15, 0.2) is 0 Å². The number of nitrogens with zero attached hydrogens (tertiary/aromatic N) is 2. The second kappa shape index (κ2) is 10.8. The van der Waals surface area contributed by atoms with Crippen LogP contribution in [-0.4, -0.2) is 32.9 Å². The van der Waals surface area contributed by atoms with E-state index in [0.717, 1.165) is 20.1 Å². The zero-order valence-corrected chi connectivity index (χ0v) is 21.4. The highest BCUT2D eigenvalue weighted by Gasteiger charge is 2.07. The Morgan fingerprint density at radius 3 is 1.37 bits per heavy atom. The fourth-order valence-electron chi connectivity index (χ4n) is 3.34. The Balaban J connectivity index is 1.56.